The highest BCUT2D eigenvalue weighted by atomic mass is 16.5. The van der Waals surface area contributed by atoms with Crippen LogP contribution in [0.5, 0.6) is 0 Å². The second-order valence-corrected chi connectivity index (χ2v) is 13.9. The molecule has 1 aliphatic carbocycles. The highest BCUT2D eigenvalue weighted by Gasteiger charge is 2.43. The van der Waals surface area contributed by atoms with Crippen molar-refractivity contribution in [2.45, 2.75) is 112 Å². The van der Waals surface area contributed by atoms with E-state index in [-0.39, 0.29) is 48.8 Å². The van der Waals surface area contributed by atoms with Crippen LogP contribution in [0.3, 0.4) is 0 Å². The molecule has 0 aromatic carbocycles. The number of nitrogens with one attached hydrogen (secondary N) is 1. The van der Waals surface area contributed by atoms with Crippen LogP contribution >= 0.6 is 0 Å². The average molecular weight is 646 g/mol. The van der Waals surface area contributed by atoms with Gasteiger partial charge < -0.3 is 30.2 Å². The molecule has 2 rings (SSSR count). The summed E-state index contributed by atoms with van der Waals surface area (Å²) in [4.78, 5) is 50.6. The first-order valence-electron chi connectivity index (χ1n) is 17.6. The summed E-state index contributed by atoms with van der Waals surface area (Å²) in [5.74, 6) is -4.50. The molecule has 2 amide bonds. The van der Waals surface area contributed by atoms with Gasteiger partial charge in [0.1, 0.15) is 0 Å². The Balaban J connectivity index is 2.41. The minimum absolute atomic E-state index is 0.0866. The van der Waals surface area contributed by atoms with Crippen molar-refractivity contribution in [1.29, 1.82) is 0 Å². The van der Waals surface area contributed by atoms with Gasteiger partial charge in [0.25, 0.3) is 6.73 Å². The fourth-order valence-corrected chi connectivity index (χ4v) is 8.25. The Morgan fingerprint density at radius 2 is 1.57 bits per heavy atom. The predicted molar refractivity (Wildman–Crippen MR) is 175 cm³/mol. The molecule has 7 atom stereocenters. The Hall–Kier alpha value is -3.01. The number of aliphatic carboxylic acids is 1. The fourth-order valence-electron chi connectivity index (χ4n) is 8.25. The number of quaternary nitrogens is 1. The number of ether oxygens (including phenoxy) is 1. The van der Waals surface area contributed by atoms with Crippen molar-refractivity contribution in [1.82, 2.24) is 5.32 Å². The Labute approximate surface area is 277 Å². The largest absolute Gasteiger partial charge is 0.550 e. The summed E-state index contributed by atoms with van der Waals surface area (Å²) in [6, 6.07) is 5.43. The van der Waals surface area contributed by atoms with E-state index in [1.54, 1.807) is 4.57 Å². The molecule has 3 N–H and O–H groups in total. The fraction of sp³-hybridized carbons (Fsp3) is 0.750. The van der Waals surface area contributed by atoms with Crippen molar-refractivity contribution >= 4 is 23.8 Å². The van der Waals surface area contributed by atoms with Gasteiger partial charge in [-0.1, -0.05) is 40.7 Å². The molecule has 1 fully saturated rings. The van der Waals surface area contributed by atoms with Crippen LogP contribution in [0, 0.1) is 35.5 Å². The first-order chi connectivity index (χ1) is 21.9. The van der Waals surface area contributed by atoms with Gasteiger partial charge in [0.15, 0.2) is 12.4 Å². The van der Waals surface area contributed by atoms with Crippen LogP contribution in [-0.2, 0) is 30.6 Å². The number of carbonyl (C=O) groups is 4. The molecule has 10 nitrogen and oxygen atoms in total. The zero-order valence-corrected chi connectivity index (χ0v) is 29.2. The van der Waals surface area contributed by atoms with Gasteiger partial charge in [-0.2, -0.15) is 4.57 Å². The lowest BCUT2D eigenvalue weighted by Crippen LogP contribution is -2.52. The van der Waals surface area contributed by atoms with Crippen LogP contribution in [0.4, 0.5) is 0 Å². The number of carboxylic acids is 1. The quantitative estimate of drug-likeness (QED) is 0.113. The van der Waals surface area contributed by atoms with Gasteiger partial charge in [-0.15, -0.1) is 0 Å². The number of hydrogen-bond donors (Lipinski definition) is 2. The van der Waals surface area contributed by atoms with Gasteiger partial charge in [0.05, 0.1) is 32.1 Å². The molecule has 1 heterocycles. The summed E-state index contributed by atoms with van der Waals surface area (Å²) in [5.41, 5.74) is 5.62. The molecular weight excluding hydrogens is 584 g/mol. The Morgan fingerprint density at radius 1 is 0.957 bits per heavy atom. The van der Waals surface area contributed by atoms with Gasteiger partial charge in [-0.3, -0.25) is 14.4 Å². The molecule has 7 unspecified atom stereocenters. The van der Waals surface area contributed by atoms with E-state index in [0.717, 1.165) is 49.9 Å². The molecular formula is C36H61N4O6+. The van der Waals surface area contributed by atoms with E-state index in [1.807, 2.05) is 37.5 Å². The number of pyridine rings is 1. The van der Waals surface area contributed by atoms with E-state index in [4.69, 9.17) is 10.5 Å². The van der Waals surface area contributed by atoms with E-state index in [0.29, 0.717) is 32.1 Å². The topological polar surface area (TPSA) is 142 Å². The van der Waals surface area contributed by atoms with Crippen LogP contribution in [0.1, 0.15) is 99.3 Å². The normalized spacial score (nSPS) is 20.8. The summed E-state index contributed by atoms with van der Waals surface area (Å²) < 4.78 is 8.71. The van der Waals surface area contributed by atoms with Crippen molar-refractivity contribution < 1.29 is 38.1 Å². The number of nitrogens with two attached hydrogens (primary N) is 1. The van der Waals surface area contributed by atoms with Crippen LogP contribution in [0.25, 0.3) is 0 Å². The number of hydrogen-bond acceptors (Lipinski definition) is 6. The van der Waals surface area contributed by atoms with Gasteiger partial charge in [0.2, 0.25) is 11.8 Å². The zero-order valence-electron chi connectivity index (χ0n) is 29.2. The Morgan fingerprint density at radius 3 is 2.07 bits per heavy atom. The van der Waals surface area contributed by atoms with Gasteiger partial charge >= 0.3 is 5.97 Å². The molecule has 46 heavy (non-hydrogen) atoms. The number of esters is 1. The number of carbonyl (C=O) groups excluding carboxylic acids is 4. The number of carboxylic acid groups (broad SMARTS) is 1. The first kappa shape index (κ1) is 39.2. The molecule has 0 aliphatic heterocycles. The lowest BCUT2D eigenvalue weighted by atomic mass is 9.74. The smallest absolute Gasteiger partial charge is 0.313 e. The number of nitrogens with zero attached hydrogens (tertiary/aromatic N) is 2. The van der Waals surface area contributed by atoms with Gasteiger partial charge in [0, 0.05) is 48.8 Å². The van der Waals surface area contributed by atoms with Crippen LogP contribution in [0.2, 0.25) is 0 Å². The van der Waals surface area contributed by atoms with Crippen molar-refractivity contribution in [2.75, 3.05) is 26.2 Å². The van der Waals surface area contributed by atoms with Gasteiger partial charge in [-0.05, 0) is 69.6 Å². The molecule has 0 bridgehead atoms. The van der Waals surface area contributed by atoms with Gasteiger partial charge in [-0.25, -0.2) is 0 Å². The maximum Gasteiger partial charge on any atom is 0.313 e. The minimum Gasteiger partial charge on any atom is -0.550 e. The highest BCUT2D eigenvalue weighted by molar-refractivity contribution is 5.78. The van der Waals surface area contributed by atoms with Crippen molar-refractivity contribution in [3.05, 3.63) is 30.6 Å². The lowest BCUT2D eigenvalue weighted by Gasteiger charge is -2.41. The van der Waals surface area contributed by atoms with Crippen molar-refractivity contribution in [3.63, 3.8) is 0 Å². The number of primary amides is 1. The molecule has 0 spiro atoms. The van der Waals surface area contributed by atoms with Crippen molar-refractivity contribution in [2.24, 2.45) is 41.2 Å². The first-order valence-corrected chi connectivity index (χ1v) is 17.6. The maximum absolute atomic E-state index is 13.9. The summed E-state index contributed by atoms with van der Waals surface area (Å²) in [6.07, 6.45) is 9.54. The summed E-state index contributed by atoms with van der Waals surface area (Å²) in [7, 11) is 0. The van der Waals surface area contributed by atoms with Crippen LogP contribution in [0.15, 0.2) is 30.6 Å². The Kier molecular flexibility index (Phi) is 16.7. The van der Waals surface area contributed by atoms with Crippen LogP contribution < -0.4 is 20.7 Å². The average Bonchev–Trinajstić information content (AvgIpc) is 3.37. The summed E-state index contributed by atoms with van der Waals surface area (Å²) >= 11 is 0. The maximum atomic E-state index is 13.9. The Bertz CT molecular complexity index is 1080. The molecule has 0 radical (unpaired) electrons. The minimum atomic E-state index is -1.22. The summed E-state index contributed by atoms with van der Waals surface area (Å²) in [5, 5.41) is 15.6. The second kappa shape index (κ2) is 19.6. The monoisotopic (exact) mass is 645 g/mol. The van der Waals surface area contributed by atoms with E-state index in [2.05, 4.69) is 33.0 Å². The van der Waals surface area contributed by atoms with E-state index in [9.17, 15) is 24.3 Å². The standard InChI is InChI=1S/C36H60N4O6/c1-7-16-40(17-8-2,18-9-3)24-26(5)19-30(36(45)46-25-39-14-12-11-13-15-39)20-29-21-31(38-27(6)41)23-32(29)33(35(43)44)22-28(10-4)34(37)42/h11-15,26,28-33H,7-10,16-25H2,1-6H3,(H2-2,37,38,41,42,43,44)/p+1. The number of amides is 2. The molecule has 260 valence electrons. The summed E-state index contributed by atoms with van der Waals surface area (Å²) in [6.45, 7) is 16.5. The number of rotatable bonds is 22. The SMILES string of the molecule is CCC[N+](CCC)(CCC)CC(C)CC(CC1CC(NC(C)=O)CC1C(CC(CC)C(N)=O)C(=O)[O-])C(=O)OC[n+]1ccccc1. The molecule has 0 saturated heterocycles. The van der Waals surface area contributed by atoms with Crippen LogP contribution in [-0.4, -0.2) is 60.5 Å². The van der Waals surface area contributed by atoms with E-state index >= 15 is 0 Å². The predicted octanol–water partition coefficient (Wildman–Crippen LogP) is 3.35. The number of aromatic nitrogens is 1. The third kappa shape index (κ3) is 12.3. The van der Waals surface area contributed by atoms with Crippen molar-refractivity contribution in [3.8, 4) is 0 Å². The molecule has 10 heteroatoms. The zero-order chi connectivity index (χ0) is 34.3. The van der Waals surface area contributed by atoms with E-state index in [1.165, 1.54) is 6.92 Å². The lowest BCUT2D eigenvalue weighted by molar-refractivity contribution is -0.931. The molecule has 1 aromatic rings. The molecule has 1 saturated carbocycles. The third-order valence-corrected chi connectivity index (χ3v) is 9.94. The second-order valence-electron chi connectivity index (χ2n) is 13.9. The van der Waals surface area contributed by atoms with E-state index < -0.39 is 29.6 Å². The third-order valence-electron chi connectivity index (χ3n) is 9.94. The molecule has 1 aliphatic rings. The molecule has 1 aromatic heterocycles. The highest BCUT2D eigenvalue weighted by Crippen LogP contribution is 2.44.